The molecule has 1 aliphatic carbocycles. The Morgan fingerprint density at radius 3 is 2.43 bits per heavy atom. The summed E-state index contributed by atoms with van der Waals surface area (Å²) in [7, 11) is 2.16. The van der Waals surface area contributed by atoms with Crippen LogP contribution in [0.5, 0.6) is 0 Å². The van der Waals surface area contributed by atoms with Crippen LogP contribution in [0, 0.1) is 22.7 Å². The van der Waals surface area contributed by atoms with E-state index in [2.05, 4.69) is 51.9 Å². The molecule has 1 saturated heterocycles. The van der Waals surface area contributed by atoms with Gasteiger partial charge in [0.25, 0.3) is 0 Å². The van der Waals surface area contributed by atoms with Crippen LogP contribution in [0.25, 0.3) is 0 Å². The Labute approximate surface area is 133 Å². The molecule has 2 rings (SSSR count). The number of hydrogen-bond donors (Lipinski definition) is 1. The summed E-state index contributed by atoms with van der Waals surface area (Å²) in [6, 6.07) is 0.694. The van der Waals surface area contributed by atoms with E-state index in [4.69, 9.17) is 0 Å². The molecule has 1 saturated carbocycles. The lowest BCUT2D eigenvalue weighted by atomic mass is 9.77. The van der Waals surface area contributed by atoms with Crippen LogP contribution in [0.15, 0.2) is 0 Å². The molecule has 2 nitrogen and oxygen atoms in total. The standard InChI is InChI=1S/C19H38N2/c1-18(2,3)16-8-7-12-21(13-10-16)14-15-9-11-19(4,5)17(15)20-6/h15-17,20H,7-14H2,1-6H3. The Bertz CT molecular complexity index is 329. The highest BCUT2D eigenvalue weighted by Crippen LogP contribution is 2.42. The zero-order valence-corrected chi connectivity index (χ0v) is 15.3. The topological polar surface area (TPSA) is 15.3 Å². The van der Waals surface area contributed by atoms with Gasteiger partial charge in [-0.2, -0.15) is 0 Å². The number of hydrogen-bond acceptors (Lipinski definition) is 2. The van der Waals surface area contributed by atoms with Crippen LogP contribution >= 0.6 is 0 Å². The third-order valence-electron chi connectivity index (χ3n) is 6.32. The zero-order chi connectivity index (χ0) is 15.7. The van der Waals surface area contributed by atoms with Crippen LogP contribution < -0.4 is 5.32 Å². The molecule has 0 aromatic heterocycles. The first-order chi connectivity index (χ1) is 9.74. The molecule has 1 aliphatic heterocycles. The summed E-state index contributed by atoms with van der Waals surface area (Å²) in [5.74, 6) is 1.75. The first-order valence-corrected chi connectivity index (χ1v) is 9.13. The lowest BCUT2D eigenvalue weighted by Crippen LogP contribution is -2.44. The van der Waals surface area contributed by atoms with Gasteiger partial charge >= 0.3 is 0 Å². The van der Waals surface area contributed by atoms with Gasteiger partial charge in [-0.3, -0.25) is 0 Å². The van der Waals surface area contributed by atoms with Gasteiger partial charge in [-0.05, 0) is 74.9 Å². The second kappa shape index (κ2) is 6.58. The molecule has 0 spiro atoms. The van der Waals surface area contributed by atoms with Crippen LogP contribution in [0.3, 0.4) is 0 Å². The van der Waals surface area contributed by atoms with Crippen molar-refractivity contribution in [2.24, 2.45) is 22.7 Å². The van der Waals surface area contributed by atoms with Crippen molar-refractivity contribution >= 4 is 0 Å². The third kappa shape index (κ3) is 4.22. The molecular formula is C19H38N2. The van der Waals surface area contributed by atoms with Gasteiger partial charge in [0.05, 0.1) is 0 Å². The van der Waals surface area contributed by atoms with E-state index < -0.39 is 0 Å². The molecule has 1 heterocycles. The molecule has 0 aromatic carbocycles. The van der Waals surface area contributed by atoms with Gasteiger partial charge in [0.15, 0.2) is 0 Å². The Kier molecular flexibility index (Phi) is 5.41. The SMILES string of the molecule is CNC1C(CN2CCCC(C(C)(C)C)CC2)CCC1(C)C. The second-order valence-electron chi connectivity index (χ2n) is 9.35. The number of nitrogens with one attached hydrogen (secondary N) is 1. The van der Waals surface area contributed by atoms with Crippen molar-refractivity contribution in [1.82, 2.24) is 10.2 Å². The van der Waals surface area contributed by atoms with E-state index >= 15 is 0 Å². The van der Waals surface area contributed by atoms with Gasteiger partial charge in [-0.1, -0.05) is 34.6 Å². The summed E-state index contributed by atoms with van der Waals surface area (Å²) in [6.07, 6.45) is 6.98. The fourth-order valence-corrected chi connectivity index (χ4v) is 4.88. The smallest absolute Gasteiger partial charge is 0.0156 e. The van der Waals surface area contributed by atoms with E-state index in [1.54, 1.807) is 0 Å². The van der Waals surface area contributed by atoms with Crippen LogP contribution in [0.4, 0.5) is 0 Å². The van der Waals surface area contributed by atoms with Crippen molar-refractivity contribution in [3.63, 3.8) is 0 Å². The van der Waals surface area contributed by atoms with Crippen LogP contribution in [0.1, 0.15) is 66.7 Å². The summed E-state index contributed by atoms with van der Waals surface area (Å²) in [4.78, 5) is 2.77. The third-order valence-corrected chi connectivity index (χ3v) is 6.32. The van der Waals surface area contributed by atoms with Gasteiger partial charge in [0.1, 0.15) is 0 Å². The monoisotopic (exact) mass is 294 g/mol. The predicted molar refractivity (Wildman–Crippen MR) is 92.6 cm³/mol. The number of nitrogens with zero attached hydrogens (tertiary/aromatic N) is 1. The largest absolute Gasteiger partial charge is 0.316 e. The molecule has 0 radical (unpaired) electrons. The molecule has 2 heteroatoms. The Hall–Kier alpha value is -0.0800. The van der Waals surface area contributed by atoms with E-state index in [0.29, 0.717) is 16.9 Å². The van der Waals surface area contributed by atoms with Crippen molar-refractivity contribution in [2.45, 2.75) is 72.8 Å². The van der Waals surface area contributed by atoms with Gasteiger partial charge in [0.2, 0.25) is 0 Å². The summed E-state index contributed by atoms with van der Waals surface area (Å²) in [6.45, 7) is 16.1. The van der Waals surface area contributed by atoms with Crippen LogP contribution in [0.2, 0.25) is 0 Å². The van der Waals surface area contributed by atoms with E-state index in [-0.39, 0.29) is 0 Å². The fourth-order valence-electron chi connectivity index (χ4n) is 4.88. The minimum absolute atomic E-state index is 0.471. The maximum atomic E-state index is 3.62. The molecule has 1 N–H and O–H groups in total. The maximum absolute atomic E-state index is 3.62. The van der Waals surface area contributed by atoms with Gasteiger partial charge in [-0.15, -0.1) is 0 Å². The molecule has 0 aromatic rings. The lowest BCUT2D eigenvalue weighted by Gasteiger charge is -2.33. The van der Waals surface area contributed by atoms with Crippen molar-refractivity contribution in [3.05, 3.63) is 0 Å². The molecule has 21 heavy (non-hydrogen) atoms. The minimum atomic E-state index is 0.471. The fraction of sp³-hybridized carbons (Fsp3) is 1.00. The average Bonchev–Trinajstić information content (AvgIpc) is 2.54. The highest BCUT2D eigenvalue weighted by atomic mass is 15.1. The minimum Gasteiger partial charge on any atom is -0.316 e. The summed E-state index contributed by atoms with van der Waals surface area (Å²) < 4.78 is 0. The average molecular weight is 295 g/mol. The first-order valence-electron chi connectivity index (χ1n) is 9.13. The maximum Gasteiger partial charge on any atom is 0.0156 e. The van der Waals surface area contributed by atoms with Crippen molar-refractivity contribution in [1.29, 1.82) is 0 Å². The summed E-state index contributed by atoms with van der Waals surface area (Å²) in [5, 5.41) is 3.62. The van der Waals surface area contributed by atoms with E-state index in [1.807, 2.05) is 0 Å². The summed E-state index contributed by atoms with van der Waals surface area (Å²) in [5.41, 5.74) is 0.956. The molecule has 0 amide bonds. The normalized spacial score (nSPS) is 34.9. The first kappa shape index (κ1) is 17.3. The highest BCUT2D eigenvalue weighted by Gasteiger charge is 2.41. The predicted octanol–water partition coefficient (Wildman–Crippen LogP) is 4.16. The quantitative estimate of drug-likeness (QED) is 0.841. The molecule has 0 bridgehead atoms. The van der Waals surface area contributed by atoms with Crippen molar-refractivity contribution < 1.29 is 0 Å². The molecule has 3 unspecified atom stereocenters. The number of likely N-dealkylation sites (tertiary alicyclic amines) is 1. The summed E-state index contributed by atoms with van der Waals surface area (Å²) >= 11 is 0. The molecule has 3 atom stereocenters. The van der Waals surface area contributed by atoms with Gasteiger partial charge in [0, 0.05) is 12.6 Å². The molecule has 2 fully saturated rings. The Balaban J connectivity index is 1.89. The zero-order valence-electron chi connectivity index (χ0n) is 15.3. The molecule has 2 aliphatic rings. The van der Waals surface area contributed by atoms with Crippen molar-refractivity contribution in [2.75, 3.05) is 26.7 Å². The van der Waals surface area contributed by atoms with Gasteiger partial charge in [-0.25, -0.2) is 0 Å². The molecule has 124 valence electrons. The number of rotatable bonds is 3. The molecular weight excluding hydrogens is 256 g/mol. The van der Waals surface area contributed by atoms with E-state index in [9.17, 15) is 0 Å². The van der Waals surface area contributed by atoms with E-state index in [0.717, 1.165) is 11.8 Å². The van der Waals surface area contributed by atoms with Crippen LogP contribution in [-0.2, 0) is 0 Å². The van der Waals surface area contributed by atoms with Crippen LogP contribution in [-0.4, -0.2) is 37.6 Å². The Morgan fingerprint density at radius 1 is 1.10 bits per heavy atom. The van der Waals surface area contributed by atoms with Gasteiger partial charge < -0.3 is 10.2 Å². The van der Waals surface area contributed by atoms with E-state index in [1.165, 1.54) is 51.7 Å². The second-order valence-corrected chi connectivity index (χ2v) is 9.35. The Morgan fingerprint density at radius 2 is 1.81 bits per heavy atom. The lowest BCUT2D eigenvalue weighted by molar-refractivity contribution is 0.180. The van der Waals surface area contributed by atoms with Crippen molar-refractivity contribution in [3.8, 4) is 0 Å². The highest BCUT2D eigenvalue weighted by molar-refractivity contribution is 4.96.